The van der Waals surface area contributed by atoms with Gasteiger partial charge in [-0.2, -0.15) is 9.78 Å². The molecular weight excluding hydrogens is 674 g/mol. The second-order valence-electron chi connectivity index (χ2n) is 10.7. The maximum absolute atomic E-state index is 14.1. The third-order valence-electron chi connectivity index (χ3n) is 7.64. The molecule has 17 heteroatoms. The third-order valence-corrected chi connectivity index (χ3v) is 7.64. The Hall–Kier alpha value is -6.07. The van der Waals surface area contributed by atoms with Gasteiger partial charge in [0.1, 0.15) is 0 Å². The van der Waals surface area contributed by atoms with Gasteiger partial charge < -0.3 is 43.7 Å². The molecule has 0 radical (unpaired) electrons. The van der Waals surface area contributed by atoms with Gasteiger partial charge in [-0.25, -0.2) is 14.2 Å². The standard InChI is InChI=1S/C34H37N3O14/c1-5-35(30(40)21-11-6-14-24(38)27(21)39)17-9-18-36(31(41)22-12-7-16-26(51-47-4)29(22)49-34(44)45-2)19-10-20-37-32(42)23-13-8-15-25(50-46-3)28(23)48-33(37)43/h6-8,11-16,38-39H,5,9-10,17-20H2,1-4H3. The maximum atomic E-state index is 14.1. The van der Waals surface area contributed by atoms with Crippen molar-refractivity contribution in [2.24, 2.45) is 0 Å². The van der Waals surface area contributed by atoms with E-state index in [1.165, 1.54) is 78.6 Å². The number of carbonyl (C=O) groups is 3. The molecule has 2 amide bonds. The number of aromatic hydroxyl groups is 2. The van der Waals surface area contributed by atoms with Crippen LogP contribution in [-0.2, 0) is 21.1 Å². The molecule has 0 aliphatic heterocycles. The summed E-state index contributed by atoms with van der Waals surface area (Å²) in [6.45, 7) is 1.98. The zero-order valence-corrected chi connectivity index (χ0v) is 28.3. The number of hydrogen-bond acceptors (Lipinski definition) is 14. The molecule has 0 aliphatic carbocycles. The first-order valence-corrected chi connectivity index (χ1v) is 15.6. The van der Waals surface area contributed by atoms with Gasteiger partial charge in [0.05, 0.1) is 37.8 Å². The number of phenols is 2. The third kappa shape index (κ3) is 8.75. The molecule has 17 nitrogen and oxygen atoms in total. The van der Waals surface area contributed by atoms with Crippen molar-refractivity contribution in [3.05, 3.63) is 86.6 Å². The highest BCUT2D eigenvalue weighted by Crippen LogP contribution is 2.33. The summed E-state index contributed by atoms with van der Waals surface area (Å²) in [5.41, 5.74) is -0.931. The molecule has 272 valence electrons. The van der Waals surface area contributed by atoms with Crippen LogP contribution in [0, 0.1) is 0 Å². The van der Waals surface area contributed by atoms with E-state index in [0.29, 0.717) is 0 Å². The highest BCUT2D eigenvalue weighted by atomic mass is 17.2. The van der Waals surface area contributed by atoms with E-state index in [9.17, 15) is 34.2 Å². The number of aromatic nitrogens is 1. The van der Waals surface area contributed by atoms with Crippen molar-refractivity contribution in [2.45, 2.75) is 26.3 Å². The number of para-hydroxylation sites is 3. The predicted octanol–water partition coefficient (Wildman–Crippen LogP) is 3.48. The lowest BCUT2D eigenvalue weighted by Crippen LogP contribution is -2.38. The van der Waals surface area contributed by atoms with Crippen LogP contribution in [0.1, 0.15) is 40.5 Å². The first-order valence-electron chi connectivity index (χ1n) is 15.6. The summed E-state index contributed by atoms with van der Waals surface area (Å²) in [4.78, 5) is 87.9. The highest BCUT2D eigenvalue weighted by molar-refractivity contribution is 5.99. The molecule has 51 heavy (non-hydrogen) atoms. The molecule has 0 saturated carbocycles. The van der Waals surface area contributed by atoms with Crippen molar-refractivity contribution >= 4 is 28.9 Å². The SMILES string of the molecule is CCN(CCCN(CCCn1c(=O)oc2c(OOC)cccc2c1=O)C(=O)c1cccc(OOC)c1OC(=O)OC)C(=O)c1cccc(O)c1O. The van der Waals surface area contributed by atoms with Crippen molar-refractivity contribution in [1.29, 1.82) is 0 Å². The number of fused-ring (bicyclic) bond motifs is 1. The second-order valence-corrected chi connectivity index (χ2v) is 10.7. The fourth-order valence-corrected chi connectivity index (χ4v) is 5.21. The number of benzene rings is 3. The summed E-state index contributed by atoms with van der Waals surface area (Å²) in [6.07, 6.45) is -0.811. The number of carbonyl (C=O) groups excluding carboxylic acids is 3. The molecule has 4 rings (SSSR count). The van der Waals surface area contributed by atoms with Crippen LogP contribution in [-0.4, -0.2) is 90.1 Å². The van der Waals surface area contributed by atoms with Gasteiger partial charge in [-0.1, -0.05) is 18.2 Å². The van der Waals surface area contributed by atoms with Crippen molar-refractivity contribution in [1.82, 2.24) is 14.4 Å². The minimum absolute atomic E-state index is 0.0178. The minimum Gasteiger partial charge on any atom is -0.504 e. The predicted molar refractivity (Wildman–Crippen MR) is 178 cm³/mol. The van der Waals surface area contributed by atoms with Crippen molar-refractivity contribution < 1.29 is 58.0 Å². The Bertz CT molecular complexity index is 1990. The Morgan fingerprint density at radius 1 is 0.784 bits per heavy atom. The number of nitrogens with zero attached hydrogens (tertiary/aromatic N) is 3. The molecule has 3 aromatic carbocycles. The van der Waals surface area contributed by atoms with Crippen LogP contribution in [0.3, 0.4) is 0 Å². The molecule has 0 bridgehead atoms. The van der Waals surface area contributed by atoms with Crippen LogP contribution in [0.15, 0.2) is 68.6 Å². The molecule has 0 spiro atoms. The molecule has 4 aromatic rings. The van der Waals surface area contributed by atoms with Crippen LogP contribution < -0.4 is 25.8 Å². The van der Waals surface area contributed by atoms with Crippen LogP contribution in [0.5, 0.6) is 28.7 Å². The maximum Gasteiger partial charge on any atom is 0.513 e. The lowest BCUT2D eigenvalue weighted by Gasteiger charge is -2.26. The first-order chi connectivity index (χ1) is 24.6. The Morgan fingerprint density at radius 2 is 1.39 bits per heavy atom. The lowest BCUT2D eigenvalue weighted by molar-refractivity contribution is -0.179. The molecule has 1 heterocycles. The van der Waals surface area contributed by atoms with Gasteiger partial charge in [0.2, 0.25) is 11.5 Å². The minimum atomic E-state index is -1.13. The zero-order chi connectivity index (χ0) is 37.1. The summed E-state index contributed by atoms with van der Waals surface area (Å²) < 4.78 is 16.1. The summed E-state index contributed by atoms with van der Waals surface area (Å²) in [5.74, 6) is -3.46. The largest absolute Gasteiger partial charge is 0.513 e. The van der Waals surface area contributed by atoms with Gasteiger partial charge >= 0.3 is 11.9 Å². The van der Waals surface area contributed by atoms with Crippen LogP contribution in [0.25, 0.3) is 11.0 Å². The number of methoxy groups -OCH3 is 1. The quantitative estimate of drug-likeness (QED) is 0.0562. The Morgan fingerprint density at radius 3 is 2.10 bits per heavy atom. The number of ether oxygens (including phenoxy) is 2. The fraction of sp³-hybridized carbons (Fsp3) is 0.324. The van der Waals surface area contributed by atoms with E-state index in [1.807, 2.05) is 0 Å². The average molecular weight is 712 g/mol. The van der Waals surface area contributed by atoms with Gasteiger partial charge in [0, 0.05) is 32.7 Å². The van der Waals surface area contributed by atoms with Crippen LogP contribution >= 0.6 is 0 Å². The van der Waals surface area contributed by atoms with Gasteiger partial charge in [0.15, 0.2) is 22.8 Å². The molecule has 2 N–H and O–H groups in total. The zero-order valence-electron chi connectivity index (χ0n) is 28.3. The Balaban J connectivity index is 1.61. The van der Waals surface area contributed by atoms with E-state index in [2.05, 4.69) is 9.62 Å². The van der Waals surface area contributed by atoms with E-state index >= 15 is 0 Å². The average Bonchev–Trinajstić information content (AvgIpc) is 3.12. The summed E-state index contributed by atoms with van der Waals surface area (Å²) in [6, 6.07) is 12.8. The smallest absolute Gasteiger partial charge is 0.504 e. The molecule has 0 aliphatic rings. The van der Waals surface area contributed by atoms with E-state index in [1.54, 1.807) is 6.92 Å². The lowest BCUT2D eigenvalue weighted by atomic mass is 10.1. The summed E-state index contributed by atoms with van der Waals surface area (Å²) in [7, 11) is 3.56. The highest BCUT2D eigenvalue weighted by Gasteiger charge is 2.26. The molecule has 1 aromatic heterocycles. The van der Waals surface area contributed by atoms with Crippen molar-refractivity contribution in [3.63, 3.8) is 0 Å². The van der Waals surface area contributed by atoms with Gasteiger partial charge in [-0.15, -0.1) is 0 Å². The van der Waals surface area contributed by atoms with Crippen molar-refractivity contribution in [2.75, 3.05) is 47.5 Å². The molecule has 0 saturated heterocycles. The Kier molecular flexibility index (Phi) is 13.0. The van der Waals surface area contributed by atoms with E-state index < -0.39 is 40.8 Å². The Labute approximate surface area is 290 Å². The monoisotopic (exact) mass is 711 g/mol. The van der Waals surface area contributed by atoms with E-state index in [4.69, 9.17) is 23.8 Å². The van der Waals surface area contributed by atoms with Crippen molar-refractivity contribution in [3.8, 4) is 28.7 Å². The number of hydrogen-bond donors (Lipinski definition) is 2. The fourth-order valence-electron chi connectivity index (χ4n) is 5.21. The van der Waals surface area contributed by atoms with Crippen LogP contribution in [0.2, 0.25) is 0 Å². The first kappa shape index (κ1) is 37.7. The number of phenolic OH excluding ortho intramolecular Hbond substituents is 2. The second kappa shape index (κ2) is 17.5. The number of amides is 2. The normalized spacial score (nSPS) is 10.8. The van der Waals surface area contributed by atoms with Gasteiger partial charge in [0.25, 0.3) is 17.4 Å². The van der Waals surface area contributed by atoms with Crippen LogP contribution in [0.4, 0.5) is 4.79 Å². The topological polar surface area (TPSA) is 206 Å². The molecule has 0 atom stereocenters. The summed E-state index contributed by atoms with van der Waals surface area (Å²) >= 11 is 0. The van der Waals surface area contributed by atoms with Gasteiger partial charge in [-0.05, 0) is 56.2 Å². The molecule has 0 unspecified atom stereocenters. The van der Waals surface area contributed by atoms with Gasteiger partial charge in [-0.3, -0.25) is 14.4 Å². The van der Waals surface area contributed by atoms with E-state index in [0.717, 1.165) is 11.7 Å². The summed E-state index contributed by atoms with van der Waals surface area (Å²) in [5, 5.41) is 20.2. The van der Waals surface area contributed by atoms with E-state index in [-0.39, 0.29) is 84.9 Å². The molecule has 0 fully saturated rings. The number of rotatable bonds is 16. The molecular formula is C34H37N3O14.